The minimum absolute atomic E-state index is 0.00468. The van der Waals surface area contributed by atoms with Gasteiger partial charge in [-0.05, 0) is 13.0 Å². The molecule has 0 radical (unpaired) electrons. The van der Waals surface area contributed by atoms with Crippen LogP contribution in [0.3, 0.4) is 0 Å². The number of hydrogen-bond donors (Lipinski definition) is 2. The van der Waals surface area contributed by atoms with E-state index in [2.05, 4.69) is 9.98 Å². The van der Waals surface area contributed by atoms with Crippen molar-refractivity contribution in [3.8, 4) is 11.9 Å². The smallest absolute Gasteiger partial charge is 0.199 e. The van der Waals surface area contributed by atoms with Gasteiger partial charge < -0.3 is 10.1 Å². The summed E-state index contributed by atoms with van der Waals surface area (Å²) in [6.45, 7) is 2.37. The topological polar surface area (TPSA) is 72.2 Å². The molecule has 0 aliphatic rings. The number of aromatic hydroxyl groups is 1. The lowest BCUT2D eigenvalue weighted by molar-refractivity contribution is 0.457. The first kappa shape index (κ1) is 10.2. The highest BCUT2D eigenvalue weighted by Crippen LogP contribution is 2.27. The van der Waals surface area contributed by atoms with Gasteiger partial charge in [0.15, 0.2) is 5.88 Å². The van der Waals surface area contributed by atoms with Gasteiger partial charge in [-0.2, -0.15) is 5.26 Å². The molecule has 2 N–H and O–H groups in total. The number of nitrogens with zero attached hydrogens (tertiary/aromatic N) is 2. The van der Waals surface area contributed by atoms with Crippen LogP contribution < -0.4 is 0 Å². The number of benzene rings is 1. The molecule has 80 valence electrons. The maximum Gasteiger partial charge on any atom is 0.199 e. The largest absolute Gasteiger partial charge is 0.494 e. The highest BCUT2D eigenvalue weighted by atomic mass is 16.3. The lowest BCUT2D eigenvalue weighted by atomic mass is 10.1. The fourth-order valence-corrected chi connectivity index (χ4v) is 1.70. The van der Waals surface area contributed by atoms with Gasteiger partial charge in [-0.1, -0.05) is 18.2 Å². The van der Waals surface area contributed by atoms with Crippen molar-refractivity contribution in [3.05, 3.63) is 29.8 Å². The molecular formula is C12H11N3O. The van der Waals surface area contributed by atoms with Gasteiger partial charge in [0.2, 0.25) is 0 Å². The molecule has 1 aromatic carbocycles. The summed E-state index contributed by atoms with van der Waals surface area (Å²) in [6, 6.07) is 9.43. The molecule has 0 aliphatic carbocycles. The Kier molecular flexibility index (Phi) is 2.61. The molecule has 16 heavy (non-hydrogen) atoms. The zero-order valence-corrected chi connectivity index (χ0v) is 8.86. The summed E-state index contributed by atoms with van der Waals surface area (Å²) >= 11 is 0. The van der Waals surface area contributed by atoms with Crippen LogP contribution in [-0.2, 0) is 0 Å². The van der Waals surface area contributed by atoms with E-state index in [1.165, 1.54) is 0 Å². The van der Waals surface area contributed by atoms with Gasteiger partial charge in [-0.25, -0.2) is 0 Å². The normalized spacial score (nSPS) is 11.6. The molecule has 0 aliphatic heterocycles. The molecule has 0 saturated heterocycles. The van der Waals surface area contributed by atoms with Crippen molar-refractivity contribution < 1.29 is 5.11 Å². The maximum atomic E-state index is 9.78. The first-order valence-corrected chi connectivity index (χ1v) is 5.02. The highest BCUT2D eigenvalue weighted by molar-refractivity contribution is 6.20. The maximum absolute atomic E-state index is 9.78. The Morgan fingerprint density at radius 1 is 1.50 bits per heavy atom. The molecule has 0 fully saturated rings. The van der Waals surface area contributed by atoms with Crippen molar-refractivity contribution in [1.82, 2.24) is 4.98 Å². The number of rotatable bonds is 2. The predicted molar refractivity (Wildman–Crippen MR) is 62.7 cm³/mol. The molecule has 2 aromatic rings. The Bertz CT molecular complexity index is 590. The van der Waals surface area contributed by atoms with Crippen LogP contribution in [-0.4, -0.2) is 22.3 Å². The molecule has 2 rings (SSSR count). The third-order valence-corrected chi connectivity index (χ3v) is 2.35. The fraction of sp³-hybridized carbons (Fsp3) is 0.167. The van der Waals surface area contributed by atoms with Crippen LogP contribution in [0.5, 0.6) is 5.88 Å². The van der Waals surface area contributed by atoms with Crippen LogP contribution in [0.1, 0.15) is 12.5 Å². The third-order valence-electron chi connectivity index (χ3n) is 2.35. The Morgan fingerprint density at radius 2 is 2.25 bits per heavy atom. The predicted octanol–water partition coefficient (Wildman–Crippen LogP) is 2.21. The van der Waals surface area contributed by atoms with Crippen molar-refractivity contribution in [2.24, 2.45) is 4.99 Å². The lowest BCUT2D eigenvalue weighted by Crippen LogP contribution is -1.97. The summed E-state index contributed by atoms with van der Waals surface area (Å²) in [5, 5.41) is 19.6. The van der Waals surface area contributed by atoms with Gasteiger partial charge in [0.25, 0.3) is 0 Å². The van der Waals surface area contributed by atoms with Crippen LogP contribution in [0.15, 0.2) is 29.3 Å². The first-order chi connectivity index (χ1) is 7.77. The quantitative estimate of drug-likeness (QED) is 0.750. The van der Waals surface area contributed by atoms with Crippen LogP contribution in [0.2, 0.25) is 0 Å². The highest BCUT2D eigenvalue weighted by Gasteiger charge is 2.15. The molecule has 0 bridgehead atoms. The molecule has 0 saturated carbocycles. The van der Waals surface area contributed by atoms with Crippen LogP contribution in [0.4, 0.5) is 0 Å². The first-order valence-electron chi connectivity index (χ1n) is 5.02. The summed E-state index contributed by atoms with van der Waals surface area (Å²) in [6.07, 6.45) is 0. The number of aromatic nitrogens is 1. The molecule has 0 atom stereocenters. The minimum atomic E-state index is -0.00468. The Balaban J connectivity index is 2.73. The van der Waals surface area contributed by atoms with E-state index in [4.69, 9.17) is 5.26 Å². The van der Waals surface area contributed by atoms with E-state index in [0.29, 0.717) is 12.1 Å². The molecule has 4 nitrogen and oxygen atoms in total. The minimum Gasteiger partial charge on any atom is -0.494 e. The Labute approximate surface area is 92.9 Å². The van der Waals surface area contributed by atoms with Gasteiger partial charge in [-0.15, -0.1) is 0 Å². The zero-order chi connectivity index (χ0) is 11.5. The molecular weight excluding hydrogens is 202 g/mol. The molecule has 0 spiro atoms. The van der Waals surface area contributed by atoms with E-state index in [0.717, 1.165) is 10.9 Å². The van der Waals surface area contributed by atoms with Crippen molar-refractivity contribution in [2.45, 2.75) is 6.92 Å². The number of nitriles is 1. The van der Waals surface area contributed by atoms with E-state index in [1.807, 2.05) is 37.3 Å². The van der Waals surface area contributed by atoms with Gasteiger partial charge in [0.05, 0.1) is 5.56 Å². The fourth-order valence-electron chi connectivity index (χ4n) is 1.70. The summed E-state index contributed by atoms with van der Waals surface area (Å²) < 4.78 is 0. The van der Waals surface area contributed by atoms with E-state index in [9.17, 15) is 5.11 Å². The van der Waals surface area contributed by atoms with Crippen LogP contribution >= 0.6 is 0 Å². The standard InChI is InChI=1S/C12H11N3O/c1-2-14-10(7-13)11-8-5-3-4-6-9(8)15-12(11)16/h3-6,15-16H,2H2,1H3. The second kappa shape index (κ2) is 4.07. The Morgan fingerprint density at radius 3 is 2.94 bits per heavy atom. The third kappa shape index (κ3) is 1.52. The second-order valence-electron chi connectivity index (χ2n) is 3.33. The zero-order valence-electron chi connectivity index (χ0n) is 8.86. The molecule has 4 heteroatoms. The van der Waals surface area contributed by atoms with Crippen molar-refractivity contribution in [2.75, 3.05) is 6.54 Å². The van der Waals surface area contributed by atoms with Gasteiger partial charge in [-0.3, -0.25) is 4.99 Å². The molecule has 0 unspecified atom stereocenters. The number of nitrogens with one attached hydrogen (secondary N) is 1. The van der Waals surface area contributed by atoms with Gasteiger partial charge in [0.1, 0.15) is 11.8 Å². The van der Waals surface area contributed by atoms with Crippen molar-refractivity contribution in [1.29, 1.82) is 5.26 Å². The van der Waals surface area contributed by atoms with Gasteiger partial charge in [0, 0.05) is 17.4 Å². The average Bonchev–Trinajstić information content (AvgIpc) is 2.62. The number of aromatic amines is 1. The monoisotopic (exact) mass is 213 g/mol. The van der Waals surface area contributed by atoms with Gasteiger partial charge >= 0.3 is 0 Å². The molecule has 1 aromatic heterocycles. The van der Waals surface area contributed by atoms with E-state index >= 15 is 0 Å². The second-order valence-corrected chi connectivity index (χ2v) is 3.33. The summed E-state index contributed by atoms with van der Waals surface area (Å²) in [4.78, 5) is 6.90. The summed E-state index contributed by atoms with van der Waals surface area (Å²) in [5.74, 6) is -0.00468. The van der Waals surface area contributed by atoms with E-state index in [-0.39, 0.29) is 11.6 Å². The number of aliphatic imine (C=N–C) groups is 1. The number of para-hydroxylation sites is 1. The van der Waals surface area contributed by atoms with Crippen molar-refractivity contribution >= 4 is 16.6 Å². The Hall–Kier alpha value is -2.28. The summed E-state index contributed by atoms with van der Waals surface area (Å²) in [5.41, 5.74) is 1.55. The van der Waals surface area contributed by atoms with E-state index < -0.39 is 0 Å². The molecule has 0 amide bonds. The lowest BCUT2D eigenvalue weighted by Gasteiger charge is -1.96. The summed E-state index contributed by atoms with van der Waals surface area (Å²) in [7, 11) is 0. The van der Waals surface area contributed by atoms with Crippen molar-refractivity contribution in [3.63, 3.8) is 0 Å². The molecule has 1 heterocycles. The van der Waals surface area contributed by atoms with Crippen LogP contribution in [0.25, 0.3) is 10.9 Å². The average molecular weight is 213 g/mol. The van der Waals surface area contributed by atoms with E-state index in [1.54, 1.807) is 0 Å². The SMILES string of the molecule is CCN=C(C#N)c1c(O)[nH]c2ccccc12. The number of fused-ring (bicyclic) bond motifs is 1. The number of H-pyrrole nitrogens is 1. The number of hydrogen-bond acceptors (Lipinski definition) is 3. The van der Waals surface area contributed by atoms with Crippen LogP contribution in [0, 0.1) is 11.3 Å².